The number of nitrogens with zero attached hydrogens (tertiary/aromatic N) is 3. The molecule has 2 heterocycles. The molecule has 1 aliphatic heterocycles. The van der Waals surface area contributed by atoms with E-state index in [0.29, 0.717) is 6.04 Å². The predicted octanol–water partition coefficient (Wildman–Crippen LogP) is 2.12. The summed E-state index contributed by atoms with van der Waals surface area (Å²) in [4.78, 5) is 23.2. The van der Waals surface area contributed by atoms with Gasteiger partial charge in [-0.3, -0.25) is 4.79 Å². The number of para-hydroxylation sites is 1. The first-order chi connectivity index (χ1) is 10.8. The molecule has 1 amide bonds. The van der Waals surface area contributed by atoms with E-state index in [0.717, 1.165) is 55.5 Å². The summed E-state index contributed by atoms with van der Waals surface area (Å²) in [5.41, 5.74) is 0.973. The summed E-state index contributed by atoms with van der Waals surface area (Å²) in [6, 6.07) is 8.54. The number of hydrogen-bond donors (Lipinski definition) is 1. The summed E-state index contributed by atoms with van der Waals surface area (Å²) in [5.74, 6) is 1.39. The Hall–Kier alpha value is -2.17. The number of amides is 1. The number of rotatable bonds is 3. The molecule has 0 spiro atoms. The van der Waals surface area contributed by atoms with Crippen molar-refractivity contribution in [2.75, 3.05) is 18.0 Å². The van der Waals surface area contributed by atoms with E-state index in [1.54, 1.807) is 6.33 Å². The molecule has 0 radical (unpaired) electrons. The Kier molecular flexibility index (Phi) is 3.41. The first-order valence-corrected chi connectivity index (χ1v) is 8.06. The smallest absolute Gasteiger partial charge is 0.223 e. The molecule has 2 aromatic rings. The molecular weight excluding hydrogens is 276 g/mol. The molecule has 2 aliphatic rings. The number of fused-ring (bicyclic) bond motifs is 1. The number of aromatic nitrogens is 2. The standard InChI is InChI=1S/C17H20N4O/c22-17(20-13-5-6-13)12-7-9-21(10-8-12)16-14-3-1-2-4-15(14)18-11-19-16/h1-4,11-13H,5-10H2,(H,20,22). The Morgan fingerprint density at radius 2 is 1.86 bits per heavy atom. The maximum Gasteiger partial charge on any atom is 0.223 e. The number of hydrogen-bond acceptors (Lipinski definition) is 4. The summed E-state index contributed by atoms with van der Waals surface area (Å²) in [6.07, 6.45) is 5.73. The van der Waals surface area contributed by atoms with Gasteiger partial charge in [0.15, 0.2) is 0 Å². The molecule has 5 nitrogen and oxygen atoms in total. The zero-order valence-corrected chi connectivity index (χ0v) is 12.5. The summed E-state index contributed by atoms with van der Waals surface area (Å²) in [7, 11) is 0. The third-order valence-corrected chi connectivity index (χ3v) is 4.61. The molecule has 1 saturated carbocycles. The van der Waals surface area contributed by atoms with Gasteiger partial charge in [-0.1, -0.05) is 12.1 Å². The van der Waals surface area contributed by atoms with Crippen LogP contribution in [0.4, 0.5) is 5.82 Å². The van der Waals surface area contributed by atoms with Crippen molar-refractivity contribution in [1.29, 1.82) is 0 Å². The number of carbonyl (C=O) groups is 1. The molecule has 1 aliphatic carbocycles. The van der Waals surface area contributed by atoms with Gasteiger partial charge in [0.25, 0.3) is 0 Å². The minimum Gasteiger partial charge on any atom is -0.356 e. The van der Waals surface area contributed by atoms with Gasteiger partial charge >= 0.3 is 0 Å². The molecule has 1 aromatic heterocycles. The summed E-state index contributed by atoms with van der Waals surface area (Å²) in [6.45, 7) is 1.76. The third kappa shape index (κ3) is 2.63. The van der Waals surface area contributed by atoms with Crippen LogP contribution in [0.3, 0.4) is 0 Å². The van der Waals surface area contributed by atoms with E-state index in [4.69, 9.17) is 0 Å². The Morgan fingerprint density at radius 1 is 1.09 bits per heavy atom. The van der Waals surface area contributed by atoms with Gasteiger partial charge in [0.05, 0.1) is 5.52 Å². The van der Waals surface area contributed by atoms with Crippen LogP contribution in [0.25, 0.3) is 10.9 Å². The molecule has 0 unspecified atom stereocenters. The first-order valence-electron chi connectivity index (χ1n) is 8.06. The van der Waals surface area contributed by atoms with Crippen molar-refractivity contribution in [1.82, 2.24) is 15.3 Å². The van der Waals surface area contributed by atoms with Crippen LogP contribution in [0.15, 0.2) is 30.6 Å². The topological polar surface area (TPSA) is 58.1 Å². The predicted molar refractivity (Wildman–Crippen MR) is 85.6 cm³/mol. The molecule has 4 rings (SSSR count). The van der Waals surface area contributed by atoms with E-state index in [-0.39, 0.29) is 11.8 Å². The number of anilines is 1. The Morgan fingerprint density at radius 3 is 2.64 bits per heavy atom. The highest BCUT2D eigenvalue weighted by atomic mass is 16.2. The van der Waals surface area contributed by atoms with Gasteiger partial charge in [-0.2, -0.15) is 0 Å². The van der Waals surface area contributed by atoms with Crippen molar-refractivity contribution >= 4 is 22.6 Å². The van der Waals surface area contributed by atoms with Gasteiger partial charge in [0.1, 0.15) is 12.1 Å². The van der Waals surface area contributed by atoms with E-state index >= 15 is 0 Å². The Balaban J connectivity index is 1.47. The van der Waals surface area contributed by atoms with Crippen LogP contribution in [0, 0.1) is 5.92 Å². The average molecular weight is 296 g/mol. The van der Waals surface area contributed by atoms with Crippen LogP contribution in [0.5, 0.6) is 0 Å². The SMILES string of the molecule is O=C(NC1CC1)C1CCN(c2ncnc3ccccc23)CC1. The van der Waals surface area contributed by atoms with Crippen molar-refractivity contribution < 1.29 is 4.79 Å². The van der Waals surface area contributed by atoms with Crippen molar-refractivity contribution in [3.05, 3.63) is 30.6 Å². The van der Waals surface area contributed by atoms with E-state index in [1.165, 1.54) is 0 Å². The van der Waals surface area contributed by atoms with Crippen molar-refractivity contribution in [2.24, 2.45) is 5.92 Å². The largest absolute Gasteiger partial charge is 0.356 e. The van der Waals surface area contributed by atoms with Gasteiger partial charge < -0.3 is 10.2 Å². The van der Waals surface area contributed by atoms with E-state index in [9.17, 15) is 4.79 Å². The highest BCUT2D eigenvalue weighted by molar-refractivity contribution is 5.89. The van der Waals surface area contributed by atoms with Crippen LogP contribution in [-0.4, -0.2) is 35.0 Å². The highest BCUT2D eigenvalue weighted by Gasteiger charge is 2.30. The van der Waals surface area contributed by atoms with E-state index < -0.39 is 0 Å². The maximum absolute atomic E-state index is 12.1. The normalized spacial score (nSPS) is 19.4. The first kappa shape index (κ1) is 13.5. The van der Waals surface area contributed by atoms with Crippen LogP contribution in [0.1, 0.15) is 25.7 Å². The molecule has 1 aromatic carbocycles. The molecule has 22 heavy (non-hydrogen) atoms. The summed E-state index contributed by atoms with van der Waals surface area (Å²) in [5, 5.41) is 4.21. The number of carbonyl (C=O) groups excluding carboxylic acids is 1. The van der Waals surface area contributed by atoms with Gasteiger partial charge in [-0.15, -0.1) is 0 Å². The molecular formula is C17H20N4O. The monoisotopic (exact) mass is 296 g/mol. The lowest BCUT2D eigenvalue weighted by Gasteiger charge is -2.32. The van der Waals surface area contributed by atoms with Crippen molar-refractivity contribution in [3.8, 4) is 0 Å². The maximum atomic E-state index is 12.1. The lowest BCUT2D eigenvalue weighted by atomic mass is 9.95. The number of benzene rings is 1. The fourth-order valence-corrected chi connectivity index (χ4v) is 3.14. The van der Waals surface area contributed by atoms with Crippen LogP contribution >= 0.6 is 0 Å². The second-order valence-electron chi connectivity index (χ2n) is 6.26. The van der Waals surface area contributed by atoms with Crippen LogP contribution < -0.4 is 10.2 Å². The highest BCUT2D eigenvalue weighted by Crippen LogP contribution is 2.28. The molecule has 114 valence electrons. The second-order valence-corrected chi connectivity index (χ2v) is 6.26. The van der Waals surface area contributed by atoms with Gasteiger partial charge in [-0.25, -0.2) is 9.97 Å². The van der Waals surface area contributed by atoms with Gasteiger partial charge in [0.2, 0.25) is 5.91 Å². The minimum atomic E-state index is 0.157. The van der Waals surface area contributed by atoms with Crippen molar-refractivity contribution in [2.45, 2.75) is 31.7 Å². The van der Waals surface area contributed by atoms with Crippen molar-refractivity contribution in [3.63, 3.8) is 0 Å². The quantitative estimate of drug-likeness (QED) is 0.942. The summed E-state index contributed by atoms with van der Waals surface area (Å²) < 4.78 is 0. The fourth-order valence-electron chi connectivity index (χ4n) is 3.14. The molecule has 0 atom stereocenters. The third-order valence-electron chi connectivity index (χ3n) is 4.61. The molecule has 0 bridgehead atoms. The van der Waals surface area contributed by atoms with Gasteiger partial charge in [0, 0.05) is 30.4 Å². The lowest BCUT2D eigenvalue weighted by molar-refractivity contribution is -0.125. The number of nitrogens with one attached hydrogen (secondary N) is 1. The minimum absolute atomic E-state index is 0.157. The molecule has 5 heteroatoms. The second kappa shape index (κ2) is 5.55. The van der Waals surface area contributed by atoms with Gasteiger partial charge in [-0.05, 0) is 37.8 Å². The number of piperidine rings is 1. The zero-order valence-electron chi connectivity index (χ0n) is 12.5. The summed E-state index contributed by atoms with van der Waals surface area (Å²) >= 11 is 0. The van der Waals surface area contributed by atoms with E-state index in [1.807, 2.05) is 18.2 Å². The fraction of sp³-hybridized carbons (Fsp3) is 0.471. The van der Waals surface area contributed by atoms with Crippen LogP contribution in [-0.2, 0) is 4.79 Å². The Bertz CT molecular complexity index is 685. The molecule has 1 N–H and O–H groups in total. The molecule has 2 fully saturated rings. The van der Waals surface area contributed by atoms with E-state index in [2.05, 4.69) is 26.3 Å². The van der Waals surface area contributed by atoms with Crippen LogP contribution in [0.2, 0.25) is 0 Å². The molecule has 1 saturated heterocycles. The average Bonchev–Trinajstić information content (AvgIpc) is 3.38. The Labute approximate surface area is 129 Å². The lowest BCUT2D eigenvalue weighted by Crippen LogP contribution is -2.41. The zero-order chi connectivity index (χ0) is 14.9.